The minimum absolute atomic E-state index is 0.145. The Hall–Kier alpha value is -2.95. The van der Waals surface area contributed by atoms with Crippen molar-refractivity contribution < 1.29 is 4.74 Å². The molecule has 1 aliphatic heterocycles. The molecule has 0 N–H and O–H groups in total. The number of fused-ring (bicyclic) bond motifs is 3. The average molecular weight is 305 g/mol. The third-order valence-corrected chi connectivity index (χ3v) is 3.98. The molecule has 5 heteroatoms. The van der Waals surface area contributed by atoms with E-state index in [9.17, 15) is 4.79 Å². The monoisotopic (exact) mass is 305 g/mol. The number of hydrogen-bond acceptors (Lipinski definition) is 4. The molecule has 0 unspecified atom stereocenters. The Kier molecular flexibility index (Phi) is 3.38. The van der Waals surface area contributed by atoms with Crippen LogP contribution in [-0.2, 0) is 19.4 Å². The van der Waals surface area contributed by atoms with Gasteiger partial charge in [-0.25, -0.2) is 0 Å². The maximum absolute atomic E-state index is 12.1. The first-order valence-corrected chi connectivity index (χ1v) is 7.55. The number of nitrogens with zero attached hydrogens (tertiary/aromatic N) is 3. The summed E-state index contributed by atoms with van der Waals surface area (Å²) in [7, 11) is 0. The van der Waals surface area contributed by atoms with Crippen LogP contribution in [0.25, 0.3) is 5.69 Å². The van der Waals surface area contributed by atoms with Crippen molar-refractivity contribution in [1.82, 2.24) is 14.8 Å². The molecule has 1 aromatic heterocycles. The number of ether oxygens (including phenoxy) is 1. The lowest BCUT2D eigenvalue weighted by Crippen LogP contribution is -2.28. The van der Waals surface area contributed by atoms with Crippen LogP contribution in [0.5, 0.6) is 5.75 Å². The Morgan fingerprint density at radius 3 is 2.83 bits per heavy atom. The Labute approximate surface area is 133 Å². The van der Waals surface area contributed by atoms with E-state index in [-0.39, 0.29) is 5.56 Å². The molecule has 0 saturated heterocycles. The van der Waals surface area contributed by atoms with Crippen LogP contribution >= 0.6 is 0 Å². The molecule has 3 aromatic rings. The van der Waals surface area contributed by atoms with Crippen LogP contribution in [-0.4, -0.2) is 14.8 Å². The first-order chi connectivity index (χ1) is 11.3. The lowest BCUT2D eigenvalue weighted by Gasteiger charge is -2.20. The highest BCUT2D eigenvalue weighted by Crippen LogP contribution is 2.26. The summed E-state index contributed by atoms with van der Waals surface area (Å²) < 4.78 is 7.49. The van der Waals surface area contributed by atoms with Gasteiger partial charge in [0.15, 0.2) is 0 Å². The van der Waals surface area contributed by atoms with Crippen LogP contribution in [0.1, 0.15) is 17.0 Å². The van der Waals surface area contributed by atoms with Gasteiger partial charge in [0.25, 0.3) is 5.56 Å². The first-order valence-electron chi connectivity index (χ1n) is 7.55. The number of benzene rings is 2. The number of aromatic nitrogens is 3. The van der Waals surface area contributed by atoms with Gasteiger partial charge in [-0.1, -0.05) is 30.3 Å². The zero-order valence-corrected chi connectivity index (χ0v) is 12.5. The van der Waals surface area contributed by atoms with Crippen molar-refractivity contribution in [3.8, 4) is 11.4 Å². The van der Waals surface area contributed by atoms with Crippen LogP contribution in [0.4, 0.5) is 0 Å². The quantitative estimate of drug-likeness (QED) is 0.745. The number of hydrogen-bond donors (Lipinski definition) is 0. The fourth-order valence-corrected chi connectivity index (χ4v) is 2.85. The highest BCUT2D eigenvalue weighted by atomic mass is 16.5. The van der Waals surface area contributed by atoms with Gasteiger partial charge in [0.2, 0.25) is 0 Å². The molecule has 0 fully saturated rings. The van der Waals surface area contributed by atoms with Crippen molar-refractivity contribution in [2.24, 2.45) is 0 Å². The summed E-state index contributed by atoms with van der Waals surface area (Å²) in [6.45, 7) is 0.529. The van der Waals surface area contributed by atoms with Crippen molar-refractivity contribution in [2.75, 3.05) is 0 Å². The van der Waals surface area contributed by atoms with Crippen molar-refractivity contribution in [1.29, 1.82) is 0 Å². The van der Waals surface area contributed by atoms with Gasteiger partial charge < -0.3 is 4.74 Å². The lowest BCUT2D eigenvalue weighted by atomic mass is 10.0. The normalized spacial score (nSPS) is 12.3. The third kappa shape index (κ3) is 2.61. The molecule has 0 amide bonds. The van der Waals surface area contributed by atoms with Crippen molar-refractivity contribution >= 4 is 0 Å². The summed E-state index contributed by atoms with van der Waals surface area (Å²) in [4.78, 5) is 12.1. The molecule has 2 aromatic carbocycles. The van der Waals surface area contributed by atoms with Crippen LogP contribution in [0.2, 0.25) is 0 Å². The Morgan fingerprint density at radius 2 is 1.96 bits per heavy atom. The summed E-state index contributed by atoms with van der Waals surface area (Å²) in [6, 6.07) is 15.9. The fraction of sp³-hybridized carbons (Fsp3) is 0.167. The Morgan fingerprint density at radius 1 is 1.09 bits per heavy atom. The summed E-state index contributed by atoms with van der Waals surface area (Å²) in [5.41, 5.74) is 2.95. The molecule has 4 rings (SSSR count). The van der Waals surface area contributed by atoms with Crippen LogP contribution < -0.4 is 10.3 Å². The van der Waals surface area contributed by atoms with E-state index in [1.165, 1.54) is 6.20 Å². The second kappa shape index (κ2) is 5.68. The van der Waals surface area contributed by atoms with Gasteiger partial charge in [-0.3, -0.25) is 9.36 Å². The largest absolute Gasteiger partial charge is 0.489 e. The van der Waals surface area contributed by atoms with Crippen molar-refractivity contribution in [2.45, 2.75) is 19.4 Å². The van der Waals surface area contributed by atoms with Gasteiger partial charge >= 0.3 is 0 Å². The predicted octanol–water partition coefficient (Wildman–Crippen LogP) is 2.31. The molecular weight excluding hydrogens is 290 g/mol. The Bertz CT molecular complexity index is 904. The topological polar surface area (TPSA) is 57.0 Å². The molecule has 2 heterocycles. The summed E-state index contributed by atoms with van der Waals surface area (Å²) >= 11 is 0. The number of rotatable bonds is 3. The van der Waals surface area contributed by atoms with E-state index in [4.69, 9.17) is 4.74 Å². The van der Waals surface area contributed by atoms with E-state index < -0.39 is 0 Å². The van der Waals surface area contributed by atoms with Crippen LogP contribution in [0, 0.1) is 0 Å². The third-order valence-electron chi connectivity index (χ3n) is 3.98. The van der Waals surface area contributed by atoms with Gasteiger partial charge in [-0.05, 0) is 35.7 Å². The van der Waals surface area contributed by atoms with Crippen molar-refractivity contribution in [3.63, 3.8) is 0 Å². The fourth-order valence-electron chi connectivity index (χ4n) is 2.85. The van der Waals surface area contributed by atoms with E-state index in [0.717, 1.165) is 29.0 Å². The summed E-state index contributed by atoms with van der Waals surface area (Å²) in [6.07, 6.45) is 2.78. The van der Waals surface area contributed by atoms with E-state index in [1.54, 1.807) is 4.57 Å². The molecule has 0 aliphatic carbocycles. The highest BCUT2D eigenvalue weighted by Gasteiger charge is 2.18. The predicted molar refractivity (Wildman–Crippen MR) is 85.8 cm³/mol. The molecule has 5 nitrogen and oxygen atoms in total. The minimum Gasteiger partial charge on any atom is -0.489 e. The molecule has 0 atom stereocenters. The minimum atomic E-state index is -0.145. The van der Waals surface area contributed by atoms with E-state index in [0.29, 0.717) is 18.9 Å². The second-order valence-corrected chi connectivity index (χ2v) is 5.50. The lowest BCUT2D eigenvalue weighted by molar-refractivity contribution is 0.306. The Balaban J connectivity index is 1.63. The molecule has 0 spiro atoms. The molecule has 0 bridgehead atoms. The van der Waals surface area contributed by atoms with E-state index in [2.05, 4.69) is 10.2 Å². The van der Waals surface area contributed by atoms with Gasteiger partial charge in [0.05, 0.1) is 5.69 Å². The average Bonchev–Trinajstić information content (AvgIpc) is 2.60. The van der Waals surface area contributed by atoms with Crippen LogP contribution in [0.3, 0.4) is 0 Å². The molecule has 0 saturated carbocycles. The second-order valence-electron chi connectivity index (χ2n) is 5.50. The highest BCUT2D eigenvalue weighted by molar-refractivity contribution is 5.48. The molecular formula is C18H15N3O2. The first kappa shape index (κ1) is 13.7. The van der Waals surface area contributed by atoms with E-state index >= 15 is 0 Å². The standard InChI is InChI=1S/C18H15N3O2/c22-18-11-19-20-17-9-6-14-10-15(7-8-16(14)21(17)18)23-12-13-4-2-1-3-5-13/h1-5,7-8,10-11H,6,9,12H2. The molecule has 114 valence electrons. The van der Waals surface area contributed by atoms with E-state index in [1.807, 2.05) is 48.5 Å². The zero-order valence-electron chi connectivity index (χ0n) is 12.5. The van der Waals surface area contributed by atoms with Crippen molar-refractivity contribution in [3.05, 3.63) is 82.0 Å². The maximum atomic E-state index is 12.1. The maximum Gasteiger partial charge on any atom is 0.276 e. The SMILES string of the molecule is O=c1cnnc2n1-c1ccc(OCc3ccccc3)cc1CC2. The molecule has 23 heavy (non-hydrogen) atoms. The van der Waals surface area contributed by atoms with Crippen LogP contribution in [0.15, 0.2) is 59.5 Å². The smallest absolute Gasteiger partial charge is 0.276 e. The van der Waals surface area contributed by atoms with Gasteiger partial charge in [0, 0.05) is 6.42 Å². The van der Waals surface area contributed by atoms with Gasteiger partial charge in [-0.2, -0.15) is 5.10 Å². The summed E-state index contributed by atoms with van der Waals surface area (Å²) in [5.74, 6) is 1.52. The van der Waals surface area contributed by atoms with Gasteiger partial charge in [-0.15, -0.1) is 5.10 Å². The van der Waals surface area contributed by atoms with Gasteiger partial charge in [0.1, 0.15) is 24.4 Å². The number of aryl methyl sites for hydroxylation is 2. The molecule has 0 radical (unpaired) electrons. The zero-order chi connectivity index (χ0) is 15.6. The summed E-state index contributed by atoms with van der Waals surface area (Å²) in [5, 5.41) is 7.80. The molecule has 1 aliphatic rings.